The summed E-state index contributed by atoms with van der Waals surface area (Å²) in [5.41, 5.74) is 5.03. The van der Waals surface area contributed by atoms with Gasteiger partial charge in [-0.2, -0.15) is 9.78 Å². The number of hydrogen-bond acceptors (Lipinski definition) is 4. The topological polar surface area (TPSA) is 73.2 Å². The van der Waals surface area contributed by atoms with E-state index >= 15 is 0 Å². The first-order chi connectivity index (χ1) is 18.8. The first kappa shape index (κ1) is 25.9. The molecule has 1 aromatic heterocycles. The zero-order valence-electron chi connectivity index (χ0n) is 21.1. The molecule has 8 heteroatoms. The standard InChI is InChI=1S/C31H23ClFN3O3/c1-19-6-3-4-9-27(19)36-31(39-20(2)37)28(29(35-36)22-10-14-25(33)15-11-22)21-12-16-26(17-13-21)34-30(38)23-7-5-8-24(32)18-23/h3-18H,1-2H3,(H,34,38). The predicted octanol–water partition coefficient (Wildman–Crippen LogP) is 7.48. The van der Waals surface area contributed by atoms with E-state index < -0.39 is 5.97 Å². The second kappa shape index (κ2) is 10.9. The number of anilines is 1. The first-order valence-electron chi connectivity index (χ1n) is 12.1. The van der Waals surface area contributed by atoms with Crippen molar-refractivity contribution in [1.29, 1.82) is 0 Å². The number of esters is 1. The lowest BCUT2D eigenvalue weighted by atomic mass is 10.0. The van der Waals surface area contributed by atoms with Gasteiger partial charge in [0, 0.05) is 28.8 Å². The third-order valence-corrected chi connectivity index (χ3v) is 6.30. The smallest absolute Gasteiger partial charge is 0.309 e. The molecule has 39 heavy (non-hydrogen) atoms. The van der Waals surface area contributed by atoms with Crippen LogP contribution in [0.4, 0.5) is 10.1 Å². The van der Waals surface area contributed by atoms with Gasteiger partial charge in [-0.3, -0.25) is 9.59 Å². The Bertz CT molecular complexity index is 1680. The average molecular weight is 540 g/mol. The van der Waals surface area contributed by atoms with E-state index in [1.54, 1.807) is 65.3 Å². The van der Waals surface area contributed by atoms with Gasteiger partial charge in [0.2, 0.25) is 5.88 Å². The van der Waals surface area contributed by atoms with E-state index in [0.29, 0.717) is 38.7 Å². The highest BCUT2D eigenvalue weighted by molar-refractivity contribution is 6.31. The maximum Gasteiger partial charge on any atom is 0.309 e. The SMILES string of the molecule is CC(=O)Oc1c(-c2ccc(NC(=O)c3cccc(Cl)c3)cc2)c(-c2ccc(F)cc2)nn1-c1ccccc1C. The summed E-state index contributed by atoms with van der Waals surface area (Å²) in [6.45, 7) is 3.26. The van der Waals surface area contributed by atoms with Crippen molar-refractivity contribution >= 4 is 29.2 Å². The van der Waals surface area contributed by atoms with Gasteiger partial charge in [0.15, 0.2) is 0 Å². The quantitative estimate of drug-likeness (QED) is 0.227. The van der Waals surface area contributed by atoms with Crippen molar-refractivity contribution in [2.24, 2.45) is 0 Å². The zero-order chi connectivity index (χ0) is 27.5. The number of benzene rings is 4. The van der Waals surface area contributed by atoms with Crippen molar-refractivity contribution in [1.82, 2.24) is 9.78 Å². The Morgan fingerprint density at radius 1 is 0.897 bits per heavy atom. The fourth-order valence-electron chi connectivity index (χ4n) is 4.22. The van der Waals surface area contributed by atoms with Gasteiger partial charge in [-0.05, 0) is 78.7 Å². The predicted molar refractivity (Wildman–Crippen MR) is 150 cm³/mol. The van der Waals surface area contributed by atoms with Crippen LogP contribution in [0.5, 0.6) is 5.88 Å². The molecule has 0 saturated carbocycles. The Morgan fingerprint density at radius 3 is 2.26 bits per heavy atom. The lowest BCUT2D eigenvalue weighted by Gasteiger charge is -2.12. The van der Waals surface area contributed by atoms with Crippen molar-refractivity contribution in [3.05, 3.63) is 119 Å². The number of amides is 1. The van der Waals surface area contributed by atoms with Crippen LogP contribution in [0.2, 0.25) is 5.02 Å². The van der Waals surface area contributed by atoms with Crippen LogP contribution in [0.25, 0.3) is 28.1 Å². The summed E-state index contributed by atoms with van der Waals surface area (Å²) >= 11 is 6.02. The van der Waals surface area contributed by atoms with E-state index in [-0.39, 0.29) is 17.6 Å². The first-order valence-corrected chi connectivity index (χ1v) is 12.5. The molecule has 0 unspecified atom stereocenters. The summed E-state index contributed by atoms with van der Waals surface area (Å²) < 4.78 is 21.1. The van der Waals surface area contributed by atoms with Crippen molar-refractivity contribution in [3.63, 3.8) is 0 Å². The molecule has 5 aromatic rings. The molecule has 5 rings (SSSR count). The van der Waals surface area contributed by atoms with E-state index in [9.17, 15) is 14.0 Å². The normalized spacial score (nSPS) is 10.8. The molecule has 0 aliphatic heterocycles. The monoisotopic (exact) mass is 539 g/mol. The molecule has 0 aliphatic rings. The van der Waals surface area contributed by atoms with Gasteiger partial charge in [0.05, 0.1) is 11.3 Å². The number of aromatic nitrogens is 2. The molecule has 0 spiro atoms. The van der Waals surface area contributed by atoms with Crippen LogP contribution in [0.3, 0.4) is 0 Å². The van der Waals surface area contributed by atoms with Crippen molar-refractivity contribution in [2.75, 3.05) is 5.32 Å². The molecular weight excluding hydrogens is 517 g/mol. The average Bonchev–Trinajstić information content (AvgIpc) is 3.28. The minimum absolute atomic E-state index is 0.229. The summed E-state index contributed by atoms with van der Waals surface area (Å²) in [5, 5.41) is 8.15. The molecule has 1 heterocycles. The molecule has 6 nitrogen and oxygen atoms in total. The molecular formula is C31H23ClFN3O3. The summed E-state index contributed by atoms with van der Waals surface area (Å²) in [4.78, 5) is 24.9. The van der Waals surface area contributed by atoms with Crippen LogP contribution in [0, 0.1) is 12.7 Å². The summed E-state index contributed by atoms with van der Waals surface area (Å²) in [6.07, 6.45) is 0. The minimum atomic E-state index is -0.512. The fraction of sp³-hybridized carbons (Fsp3) is 0.0645. The summed E-state index contributed by atoms with van der Waals surface area (Å²) in [5.74, 6) is -0.960. The lowest BCUT2D eigenvalue weighted by molar-refractivity contribution is -0.132. The summed E-state index contributed by atoms with van der Waals surface area (Å²) in [6, 6.07) is 27.3. The molecule has 0 bridgehead atoms. The molecule has 194 valence electrons. The van der Waals surface area contributed by atoms with Gasteiger partial charge < -0.3 is 10.1 Å². The maximum absolute atomic E-state index is 13.8. The third kappa shape index (κ3) is 5.58. The number of nitrogens with zero attached hydrogens (tertiary/aromatic N) is 2. The summed E-state index contributed by atoms with van der Waals surface area (Å²) in [7, 11) is 0. The molecule has 0 atom stereocenters. The number of ether oxygens (including phenoxy) is 1. The Balaban J connectivity index is 1.62. The van der Waals surface area contributed by atoms with Crippen LogP contribution in [-0.2, 0) is 4.79 Å². The molecule has 1 amide bonds. The number of carbonyl (C=O) groups excluding carboxylic acids is 2. The van der Waals surface area contributed by atoms with Crippen LogP contribution in [0.15, 0.2) is 97.1 Å². The van der Waals surface area contributed by atoms with Crippen molar-refractivity contribution in [3.8, 4) is 34.0 Å². The molecule has 0 aliphatic carbocycles. The number of rotatable bonds is 6. The highest BCUT2D eigenvalue weighted by Crippen LogP contribution is 2.41. The molecule has 0 saturated heterocycles. The van der Waals surface area contributed by atoms with Gasteiger partial charge >= 0.3 is 5.97 Å². The highest BCUT2D eigenvalue weighted by atomic mass is 35.5. The van der Waals surface area contributed by atoms with E-state index in [1.165, 1.54) is 19.1 Å². The third-order valence-electron chi connectivity index (χ3n) is 6.06. The Morgan fingerprint density at radius 2 is 1.59 bits per heavy atom. The van der Waals surface area contributed by atoms with Gasteiger partial charge in [-0.1, -0.05) is 48.0 Å². The minimum Gasteiger partial charge on any atom is -0.407 e. The van der Waals surface area contributed by atoms with Gasteiger partial charge in [0.1, 0.15) is 11.5 Å². The second-order valence-electron chi connectivity index (χ2n) is 8.87. The molecule has 0 radical (unpaired) electrons. The van der Waals surface area contributed by atoms with Crippen LogP contribution >= 0.6 is 11.6 Å². The lowest BCUT2D eigenvalue weighted by Crippen LogP contribution is -2.11. The second-order valence-corrected chi connectivity index (χ2v) is 9.31. The fourth-order valence-corrected chi connectivity index (χ4v) is 4.41. The number of hydrogen-bond donors (Lipinski definition) is 1. The highest BCUT2D eigenvalue weighted by Gasteiger charge is 2.25. The van der Waals surface area contributed by atoms with Crippen LogP contribution < -0.4 is 10.1 Å². The van der Waals surface area contributed by atoms with Crippen molar-refractivity contribution in [2.45, 2.75) is 13.8 Å². The van der Waals surface area contributed by atoms with E-state index in [4.69, 9.17) is 21.4 Å². The van der Waals surface area contributed by atoms with Crippen LogP contribution in [-0.4, -0.2) is 21.7 Å². The Labute approximate surface area is 229 Å². The number of aryl methyl sites for hydroxylation is 1. The molecule has 4 aromatic carbocycles. The largest absolute Gasteiger partial charge is 0.407 e. The molecule has 1 N–H and O–H groups in total. The van der Waals surface area contributed by atoms with E-state index in [1.807, 2.05) is 31.2 Å². The number of nitrogens with one attached hydrogen (secondary N) is 1. The Hall–Kier alpha value is -4.75. The van der Waals surface area contributed by atoms with E-state index in [2.05, 4.69) is 5.32 Å². The van der Waals surface area contributed by atoms with Crippen molar-refractivity contribution < 1.29 is 18.7 Å². The van der Waals surface area contributed by atoms with Gasteiger partial charge in [0.25, 0.3) is 5.91 Å². The van der Waals surface area contributed by atoms with Gasteiger partial charge in [-0.25, -0.2) is 4.39 Å². The number of carbonyl (C=O) groups is 2. The van der Waals surface area contributed by atoms with Gasteiger partial charge in [-0.15, -0.1) is 0 Å². The molecule has 0 fully saturated rings. The Kier molecular flexibility index (Phi) is 7.25. The zero-order valence-corrected chi connectivity index (χ0v) is 21.9. The number of halogens is 2. The van der Waals surface area contributed by atoms with Crippen LogP contribution in [0.1, 0.15) is 22.8 Å². The maximum atomic E-state index is 13.8. The van der Waals surface area contributed by atoms with E-state index in [0.717, 1.165) is 11.3 Å². The number of para-hydroxylation sites is 1.